The maximum Gasteiger partial charge on any atom is 0.326 e. The molecule has 4 aromatic rings. The molecule has 0 spiro atoms. The molecule has 1 saturated carbocycles. The highest BCUT2D eigenvalue weighted by Gasteiger charge is 2.27. The molecule has 0 unspecified atom stereocenters. The zero-order chi connectivity index (χ0) is 25.9. The fourth-order valence-corrected chi connectivity index (χ4v) is 5.28. The molecule has 2 heterocycles. The van der Waals surface area contributed by atoms with Gasteiger partial charge in [0, 0.05) is 19.5 Å². The van der Waals surface area contributed by atoms with E-state index >= 15 is 0 Å². The highest BCUT2D eigenvalue weighted by Crippen LogP contribution is 2.36. The zero-order valence-corrected chi connectivity index (χ0v) is 20.8. The highest BCUT2D eigenvalue weighted by atomic mass is 16.4. The molecule has 2 N–H and O–H groups in total. The molecule has 0 radical (unpaired) electrons. The highest BCUT2D eigenvalue weighted by molar-refractivity contribution is 5.87. The first kappa shape index (κ1) is 24.6. The van der Waals surface area contributed by atoms with Crippen molar-refractivity contribution in [3.63, 3.8) is 0 Å². The number of rotatable bonds is 8. The molecular formula is C29H31N3O5. The van der Waals surface area contributed by atoms with Gasteiger partial charge in [-0.1, -0.05) is 37.5 Å². The van der Waals surface area contributed by atoms with Gasteiger partial charge in [0.1, 0.15) is 23.9 Å². The Morgan fingerprint density at radius 1 is 1.08 bits per heavy atom. The van der Waals surface area contributed by atoms with E-state index in [0.29, 0.717) is 6.04 Å². The number of likely N-dealkylation sites (N-methyl/N-ethyl adjacent to an activating group) is 1. The zero-order valence-electron chi connectivity index (χ0n) is 20.8. The molecule has 8 heteroatoms. The lowest BCUT2D eigenvalue weighted by molar-refractivity contribution is -0.148. The number of nitrogens with zero attached hydrogens (tertiary/aromatic N) is 3. The monoisotopic (exact) mass is 501 g/mol. The second kappa shape index (κ2) is 10.5. The summed E-state index contributed by atoms with van der Waals surface area (Å²) in [7, 11) is 1.52. The van der Waals surface area contributed by atoms with E-state index in [2.05, 4.69) is 4.57 Å². The average molecular weight is 502 g/mol. The summed E-state index contributed by atoms with van der Waals surface area (Å²) in [5.41, 5.74) is 4.28. The average Bonchev–Trinajstić information content (AvgIpc) is 3.56. The number of aromatic hydroxyl groups is 1. The number of amides is 1. The van der Waals surface area contributed by atoms with Crippen LogP contribution in [-0.4, -0.2) is 49.6 Å². The first-order chi connectivity index (χ1) is 17.9. The van der Waals surface area contributed by atoms with Crippen molar-refractivity contribution < 1.29 is 24.2 Å². The number of benzene rings is 2. The Labute approximate surface area is 215 Å². The lowest BCUT2D eigenvalue weighted by Crippen LogP contribution is -2.44. The van der Waals surface area contributed by atoms with E-state index in [4.69, 9.17) is 9.40 Å². The Bertz CT molecular complexity index is 1390. The second-order valence-electron chi connectivity index (χ2n) is 9.84. The minimum Gasteiger partial charge on any atom is -0.508 e. The van der Waals surface area contributed by atoms with Crippen LogP contribution >= 0.6 is 0 Å². The van der Waals surface area contributed by atoms with Crippen LogP contribution < -0.4 is 0 Å². The Balaban J connectivity index is 1.39. The van der Waals surface area contributed by atoms with Crippen molar-refractivity contribution in [2.45, 2.75) is 57.0 Å². The van der Waals surface area contributed by atoms with Crippen LogP contribution in [0.2, 0.25) is 0 Å². The molecule has 0 saturated heterocycles. The Kier molecular flexibility index (Phi) is 6.99. The number of aliphatic carboxylic acids is 1. The molecule has 1 amide bonds. The van der Waals surface area contributed by atoms with Crippen molar-refractivity contribution in [2.75, 3.05) is 7.05 Å². The lowest BCUT2D eigenvalue weighted by Gasteiger charge is -2.26. The number of phenols is 1. The number of phenolic OH excluding ortho intramolecular Hbond substituents is 1. The standard InChI is InChI=1S/C29H31N3O5/c1-31(26(29(35)36)16-19-7-10-23(33)11-8-19)27(34)17-20-9-12-25-24(15-20)30-28(21-13-14-37-18-21)32(25)22-5-3-2-4-6-22/h7-15,18,22,26,33H,2-6,16-17H2,1H3,(H,35,36)/t26-/m1/s1. The molecule has 1 aliphatic rings. The first-order valence-corrected chi connectivity index (χ1v) is 12.7. The topological polar surface area (TPSA) is 109 Å². The van der Waals surface area contributed by atoms with Crippen LogP contribution in [-0.2, 0) is 22.4 Å². The van der Waals surface area contributed by atoms with Gasteiger partial charge in [0.05, 0.1) is 29.3 Å². The quantitative estimate of drug-likeness (QED) is 0.343. The van der Waals surface area contributed by atoms with Gasteiger partial charge in [0.2, 0.25) is 5.91 Å². The molecule has 2 aromatic carbocycles. The van der Waals surface area contributed by atoms with E-state index in [0.717, 1.165) is 46.4 Å². The summed E-state index contributed by atoms with van der Waals surface area (Å²) < 4.78 is 7.65. The van der Waals surface area contributed by atoms with Gasteiger partial charge in [-0.3, -0.25) is 4.79 Å². The lowest BCUT2D eigenvalue weighted by atomic mass is 9.95. The number of carbonyl (C=O) groups excluding carboxylic acids is 1. The van der Waals surface area contributed by atoms with E-state index in [-0.39, 0.29) is 24.5 Å². The number of furan rings is 1. The molecule has 2 aromatic heterocycles. The Morgan fingerprint density at radius 3 is 2.49 bits per heavy atom. The molecule has 1 aliphatic carbocycles. The third kappa shape index (κ3) is 5.23. The van der Waals surface area contributed by atoms with Gasteiger partial charge >= 0.3 is 5.97 Å². The van der Waals surface area contributed by atoms with Crippen molar-refractivity contribution in [2.24, 2.45) is 0 Å². The molecule has 8 nitrogen and oxygen atoms in total. The van der Waals surface area contributed by atoms with Crippen molar-refractivity contribution in [3.05, 3.63) is 72.2 Å². The fraction of sp³-hybridized carbons (Fsp3) is 0.345. The maximum absolute atomic E-state index is 13.1. The van der Waals surface area contributed by atoms with Crippen LogP contribution in [0.1, 0.15) is 49.3 Å². The number of hydrogen-bond donors (Lipinski definition) is 2. The molecule has 192 valence electrons. The molecule has 5 rings (SSSR count). The predicted molar refractivity (Wildman–Crippen MR) is 139 cm³/mol. The van der Waals surface area contributed by atoms with E-state index in [1.807, 2.05) is 24.3 Å². The van der Waals surface area contributed by atoms with Gasteiger partial charge in [-0.25, -0.2) is 9.78 Å². The van der Waals surface area contributed by atoms with Crippen molar-refractivity contribution in [1.29, 1.82) is 0 Å². The smallest absolute Gasteiger partial charge is 0.326 e. The van der Waals surface area contributed by atoms with Crippen molar-refractivity contribution >= 4 is 22.9 Å². The van der Waals surface area contributed by atoms with E-state index in [1.54, 1.807) is 24.7 Å². The number of carboxylic acids is 1. The number of imidazole rings is 1. The molecule has 37 heavy (non-hydrogen) atoms. The molecular weight excluding hydrogens is 470 g/mol. The molecule has 1 atom stereocenters. The minimum atomic E-state index is -1.07. The predicted octanol–water partition coefficient (Wildman–Crippen LogP) is 5.20. The largest absolute Gasteiger partial charge is 0.508 e. The maximum atomic E-state index is 13.1. The summed E-state index contributed by atoms with van der Waals surface area (Å²) in [5.74, 6) is -0.379. The molecule has 1 fully saturated rings. The summed E-state index contributed by atoms with van der Waals surface area (Å²) in [4.78, 5) is 31.3. The van der Waals surface area contributed by atoms with Crippen LogP contribution in [0.15, 0.2) is 65.5 Å². The van der Waals surface area contributed by atoms with Gasteiger partial charge < -0.3 is 24.1 Å². The number of carboxylic acid groups (broad SMARTS) is 1. The van der Waals surface area contributed by atoms with Gasteiger partial charge in [0.15, 0.2) is 0 Å². The number of aromatic nitrogens is 2. The number of carbonyl (C=O) groups is 2. The number of hydrogen-bond acceptors (Lipinski definition) is 5. The normalized spacial score (nSPS) is 15.1. The van der Waals surface area contributed by atoms with Gasteiger partial charge in [0.25, 0.3) is 0 Å². The fourth-order valence-electron chi connectivity index (χ4n) is 5.28. The molecule has 0 bridgehead atoms. The Hall–Kier alpha value is -4.07. The van der Waals surface area contributed by atoms with Crippen molar-refractivity contribution in [3.8, 4) is 17.1 Å². The van der Waals surface area contributed by atoms with E-state index in [9.17, 15) is 19.8 Å². The third-order valence-electron chi connectivity index (χ3n) is 7.34. The van der Waals surface area contributed by atoms with Crippen LogP contribution in [0.25, 0.3) is 22.4 Å². The van der Waals surface area contributed by atoms with E-state index < -0.39 is 12.0 Å². The summed E-state index contributed by atoms with van der Waals surface area (Å²) >= 11 is 0. The van der Waals surface area contributed by atoms with Crippen LogP contribution in [0.5, 0.6) is 5.75 Å². The summed E-state index contributed by atoms with van der Waals surface area (Å²) in [6, 6.07) is 13.5. The second-order valence-corrected chi connectivity index (χ2v) is 9.84. The van der Waals surface area contributed by atoms with Crippen LogP contribution in [0, 0.1) is 0 Å². The number of fused-ring (bicyclic) bond motifs is 1. The SMILES string of the molecule is CN(C(=O)Cc1ccc2c(c1)nc(-c1ccoc1)n2C1CCCCC1)[C@H](Cc1ccc(O)cc1)C(=O)O. The van der Waals surface area contributed by atoms with Gasteiger partial charge in [-0.15, -0.1) is 0 Å². The minimum absolute atomic E-state index is 0.0725. The van der Waals surface area contributed by atoms with Gasteiger partial charge in [-0.2, -0.15) is 0 Å². The van der Waals surface area contributed by atoms with Crippen LogP contribution in [0.4, 0.5) is 0 Å². The van der Waals surface area contributed by atoms with Crippen molar-refractivity contribution in [1.82, 2.24) is 14.5 Å². The van der Waals surface area contributed by atoms with Crippen LogP contribution in [0.3, 0.4) is 0 Å². The molecule has 0 aliphatic heterocycles. The van der Waals surface area contributed by atoms with Gasteiger partial charge in [-0.05, 0) is 54.3 Å². The Morgan fingerprint density at radius 2 is 1.81 bits per heavy atom. The summed E-state index contributed by atoms with van der Waals surface area (Å²) in [5, 5.41) is 19.3. The summed E-state index contributed by atoms with van der Waals surface area (Å²) in [6.45, 7) is 0. The van der Waals surface area contributed by atoms with E-state index in [1.165, 1.54) is 43.3 Å². The summed E-state index contributed by atoms with van der Waals surface area (Å²) in [6.07, 6.45) is 9.45. The first-order valence-electron chi connectivity index (χ1n) is 12.7. The third-order valence-corrected chi connectivity index (χ3v) is 7.34.